The largest absolute Gasteiger partial charge is 0.467 e. The lowest BCUT2D eigenvalue weighted by Gasteiger charge is -2.37. The first-order valence-electron chi connectivity index (χ1n) is 13.3. The van der Waals surface area contributed by atoms with E-state index in [0.717, 1.165) is 5.56 Å². The fourth-order valence-electron chi connectivity index (χ4n) is 5.75. The van der Waals surface area contributed by atoms with Crippen LogP contribution in [0.4, 0.5) is 5.69 Å². The summed E-state index contributed by atoms with van der Waals surface area (Å²) in [7, 11) is 1.27. The minimum Gasteiger partial charge on any atom is -0.467 e. The van der Waals surface area contributed by atoms with Gasteiger partial charge in [-0.2, -0.15) is 0 Å². The summed E-state index contributed by atoms with van der Waals surface area (Å²) in [6, 6.07) is 8.51. The maximum atomic E-state index is 13.9. The third kappa shape index (κ3) is 4.99. The van der Waals surface area contributed by atoms with Crippen LogP contribution in [0.15, 0.2) is 36.4 Å². The van der Waals surface area contributed by atoms with E-state index < -0.39 is 41.3 Å². The molecular weight excluding hydrogens is 516 g/mol. The van der Waals surface area contributed by atoms with E-state index in [2.05, 4.69) is 16.0 Å². The van der Waals surface area contributed by atoms with Crippen molar-refractivity contribution in [2.75, 3.05) is 19.0 Å². The second-order valence-corrected chi connectivity index (χ2v) is 10.5. The number of benzene rings is 2. The smallest absolute Gasteiger partial charge is 0.331 e. The second-order valence-electron chi connectivity index (χ2n) is 10.5. The molecule has 3 N–H and O–H groups in total. The van der Waals surface area contributed by atoms with E-state index in [1.165, 1.54) is 31.9 Å². The first kappa shape index (κ1) is 27.2. The standard InChI is InChI=1S/C29H32N4O7/c1-16-25(35)32-29(28(38)39-3)12-11-18-6-4-8-23(21(18)15-29)40-24-10-9-19(31-17(2)34)14-20(24)27(37)33-13-5-7-22(33)26(36)30-16/h4,6,8-10,14,16,22H,5,7,11-13,15H2,1-3H3,(H,30,36)(H,31,34)(H,32,35). The maximum absolute atomic E-state index is 13.9. The zero-order valence-electron chi connectivity index (χ0n) is 22.7. The van der Waals surface area contributed by atoms with E-state index in [9.17, 15) is 24.0 Å². The van der Waals surface area contributed by atoms with Crippen LogP contribution in [0.2, 0.25) is 0 Å². The maximum Gasteiger partial charge on any atom is 0.331 e. The lowest BCUT2D eigenvalue weighted by Crippen LogP contribution is -2.62. The summed E-state index contributed by atoms with van der Waals surface area (Å²) in [5.74, 6) is -1.66. The Morgan fingerprint density at radius 2 is 1.93 bits per heavy atom. The molecule has 11 nitrogen and oxygen atoms in total. The van der Waals surface area contributed by atoms with Crippen molar-refractivity contribution in [1.82, 2.24) is 15.5 Å². The molecule has 2 heterocycles. The molecule has 5 rings (SSSR count). The summed E-state index contributed by atoms with van der Waals surface area (Å²) in [5.41, 5.74) is 0.860. The van der Waals surface area contributed by atoms with E-state index in [-0.39, 0.29) is 23.6 Å². The van der Waals surface area contributed by atoms with Crippen molar-refractivity contribution in [3.63, 3.8) is 0 Å². The van der Waals surface area contributed by atoms with Crippen molar-refractivity contribution in [3.8, 4) is 11.5 Å². The number of carbonyl (C=O) groups excluding carboxylic acids is 5. The summed E-state index contributed by atoms with van der Waals surface area (Å²) in [6.45, 7) is 3.25. The van der Waals surface area contributed by atoms with Crippen LogP contribution in [0, 0.1) is 0 Å². The molecule has 4 amide bonds. The summed E-state index contributed by atoms with van der Waals surface area (Å²) in [6.07, 6.45) is 1.88. The molecule has 2 aromatic rings. The van der Waals surface area contributed by atoms with E-state index >= 15 is 0 Å². The molecule has 210 valence electrons. The van der Waals surface area contributed by atoms with Crippen molar-refractivity contribution >= 4 is 35.3 Å². The van der Waals surface area contributed by atoms with Crippen molar-refractivity contribution in [3.05, 3.63) is 53.1 Å². The minimum absolute atomic E-state index is 0.0968. The van der Waals surface area contributed by atoms with Gasteiger partial charge in [-0.05, 0) is 62.4 Å². The van der Waals surface area contributed by atoms with Gasteiger partial charge >= 0.3 is 5.97 Å². The molecular formula is C29H32N4O7. The molecule has 2 bridgehead atoms. The monoisotopic (exact) mass is 548 g/mol. The molecule has 1 aliphatic carbocycles. The molecule has 1 saturated heterocycles. The van der Waals surface area contributed by atoms with Crippen molar-refractivity contribution < 1.29 is 33.4 Å². The van der Waals surface area contributed by atoms with Crippen LogP contribution in [0.3, 0.4) is 0 Å². The number of hydrogen-bond donors (Lipinski definition) is 3. The first-order valence-corrected chi connectivity index (χ1v) is 13.3. The van der Waals surface area contributed by atoms with Crippen LogP contribution < -0.4 is 20.7 Å². The zero-order chi connectivity index (χ0) is 28.6. The number of esters is 1. The van der Waals surface area contributed by atoms with E-state index in [1.807, 2.05) is 12.1 Å². The van der Waals surface area contributed by atoms with Crippen LogP contribution in [0.5, 0.6) is 11.5 Å². The Kier molecular flexibility index (Phi) is 7.22. The number of anilines is 1. The molecule has 0 radical (unpaired) electrons. The van der Waals surface area contributed by atoms with Crippen LogP contribution in [0.1, 0.15) is 54.6 Å². The van der Waals surface area contributed by atoms with Gasteiger partial charge in [0.2, 0.25) is 17.7 Å². The van der Waals surface area contributed by atoms with Crippen molar-refractivity contribution in [1.29, 1.82) is 0 Å². The molecule has 1 fully saturated rings. The van der Waals surface area contributed by atoms with Gasteiger partial charge in [-0.1, -0.05) is 12.1 Å². The van der Waals surface area contributed by atoms with E-state index in [1.54, 1.807) is 18.2 Å². The molecule has 11 heteroatoms. The fraction of sp³-hybridized carbons (Fsp3) is 0.414. The average Bonchev–Trinajstić information content (AvgIpc) is 3.42. The van der Waals surface area contributed by atoms with Gasteiger partial charge in [-0.25, -0.2) is 4.79 Å². The third-order valence-corrected chi connectivity index (χ3v) is 7.79. The van der Waals surface area contributed by atoms with Gasteiger partial charge in [0, 0.05) is 31.1 Å². The Morgan fingerprint density at radius 3 is 2.67 bits per heavy atom. The highest BCUT2D eigenvalue weighted by Crippen LogP contribution is 2.39. The number of fused-ring (bicyclic) bond motifs is 3. The van der Waals surface area contributed by atoms with E-state index in [0.29, 0.717) is 49.2 Å². The fourth-order valence-corrected chi connectivity index (χ4v) is 5.75. The van der Waals surface area contributed by atoms with Gasteiger partial charge in [0.25, 0.3) is 5.91 Å². The summed E-state index contributed by atoms with van der Waals surface area (Å²) < 4.78 is 11.5. The molecule has 0 spiro atoms. The predicted molar refractivity (Wildman–Crippen MR) is 144 cm³/mol. The Balaban J connectivity index is 1.66. The zero-order valence-corrected chi connectivity index (χ0v) is 22.7. The highest BCUT2D eigenvalue weighted by Gasteiger charge is 2.46. The number of methoxy groups -OCH3 is 1. The summed E-state index contributed by atoms with van der Waals surface area (Å²) in [4.78, 5) is 66.9. The van der Waals surface area contributed by atoms with Crippen molar-refractivity contribution in [2.24, 2.45) is 0 Å². The molecule has 0 aromatic heterocycles. The van der Waals surface area contributed by atoms with Crippen molar-refractivity contribution in [2.45, 2.75) is 63.6 Å². The third-order valence-electron chi connectivity index (χ3n) is 7.79. The van der Waals surface area contributed by atoms with Crippen LogP contribution in [0.25, 0.3) is 0 Å². The van der Waals surface area contributed by atoms with Gasteiger partial charge in [0.1, 0.15) is 29.1 Å². The number of amides is 4. The van der Waals surface area contributed by atoms with Gasteiger partial charge in [0.05, 0.1) is 12.7 Å². The second kappa shape index (κ2) is 10.6. The Hall–Kier alpha value is -4.41. The Labute approximate surface area is 231 Å². The summed E-state index contributed by atoms with van der Waals surface area (Å²) >= 11 is 0. The Morgan fingerprint density at radius 1 is 1.12 bits per heavy atom. The highest BCUT2D eigenvalue weighted by molar-refractivity contribution is 6.02. The predicted octanol–water partition coefficient (Wildman–Crippen LogP) is 2.08. The first-order chi connectivity index (χ1) is 19.1. The quantitative estimate of drug-likeness (QED) is 0.488. The molecule has 40 heavy (non-hydrogen) atoms. The number of carbonyl (C=O) groups is 5. The lowest BCUT2D eigenvalue weighted by atomic mass is 9.77. The average molecular weight is 549 g/mol. The Bertz CT molecular complexity index is 1410. The van der Waals surface area contributed by atoms with Crippen LogP contribution in [-0.4, -0.2) is 65.8 Å². The van der Waals surface area contributed by atoms with E-state index in [4.69, 9.17) is 9.47 Å². The van der Waals surface area contributed by atoms with Gasteiger partial charge in [-0.3, -0.25) is 19.2 Å². The number of ether oxygens (including phenoxy) is 2. The normalized spacial score (nSPS) is 24.3. The number of nitrogens with one attached hydrogen (secondary N) is 3. The number of aryl methyl sites for hydroxylation is 1. The van der Waals surface area contributed by atoms with Gasteiger partial charge in [0.15, 0.2) is 0 Å². The molecule has 3 unspecified atom stereocenters. The minimum atomic E-state index is -1.37. The number of rotatable bonds is 2. The molecule has 3 aliphatic rings. The van der Waals surface area contributed by atoms with Gasteiger partial charge < -0.3 is 30.3 Å². The lowest BCUT2D eigenvalue weighted by molar-refractivity contribution is -0.152. The van der Waals surface area contributed by atoms with Crippen LogP contribution in [-0.2, 0) is 36.8 Å². The number of nitrogens with zero attached hydrogens (tertiary/aromatic N) is 1. The topological polar surface area (TPSA) is 143 Å². The molecule has 2 aromatic carbocycles. The summed E-state index contributed by atoms with van der Waals surface area (Å²) in [5, 5.41) is 8.28. The highest BCUT2D eigenvalue weighted by atomic mass is 16.5. The molecule has 3 atom stereocenters. The SMILES string of the molecule is COC(=O)C12CCc3cccc(c3C1)Oc1ccc(NC(C)=O)cc1C(=O)N1CCCC1C(=O)NC(C)C(=O)N2. The van der Waals surface area contributed by atoms with Gasteiger partial charge in [-0.15, -0.1) is 0 Å². The molecule has 0 saturated carbocycles. The molecule has 2 aliphatic heterocycles. The van der Waals surface area contributed by atoms with Crippen LogP contribution >= 0.6 is 0 Å². The number of hydrogen-bond acceptors (Lipinski definition) is 7.